The fourth-order valence-corrected chi connectivity index (χ4v) is 2.00. The van der Waals surface area contributed by atoms with Crippen molar-refractivity contribution in [3.05, 3.63) is 34.9 Å². The third-order valence-corrected chi connectivity index (χ3v) is 3.39. The normalized spacial score (nSPS) is 10.6. The number of para-hydroxylation sites is 1. The molecule has 0 aliphatic heterocycles. The number of anilines is 3. The molecule has 0 aliphatic rings. The van der Waals surface area contributed by atoms with Gasteiger partial charge in [-0.2, -0.15) is 10.1 Å². The molecule has 2 aromatic rings. The smallest absolute Gasteiger partial charge is 0.244 e. The second-order valence-corrected chi connectivity index (χ2v) is 5.73. The molecule has 0 bridgehead atoms. The summed E-state index contributed by atoms with van der Waals surface area (Å²) in [7, 11) is 0. The lowest BCUT2D eigenvalue weighted by atomic mass is 10.1. The first-order chi connectivity index (χ1) is 9.65. The second-order valence-electron chi connectivity index (χ2n) is 4.88. The van der Waals surface area contributed by atoms with Crippen LogP contribution in [0.5, 0.6) is 0 Å². The molecule has 0 amide bonds. The number of hydrogen-bond acceptors (Lipinski definition) is 5. The minimum absolute atomic E-state index is 0.544. The lowest BCUT2D eigenvalue weighted by molar-refractivity contribution is 0.605. The van der Waals surface area contributed by atoms with Crippen LogP contribution in [0, 0.1) is 5.92 Å². The highest BCUT2D eigenvalue weighted by atomic mass is 79.9. The Morgan fingerprint density at radius 2 is 2.05 bits per heavy atom. The molecule has 0 saturated heterocycles. The van der Waals surface area contributed by atoms with E-state index in [0.29, 0.717) is 17.7 Å². The van der Waals surface area contributed by atoms with Gasteiger partial charge in [0.25, 0.3) is 0 Å². The van der Waals surface area contributed by atoms with Gasteiger partial charge in [0.15, 0.2) is 5.82 Å². The molecule has 0 atom stereocenters. The van der Waals surface area contributed by atoms with Gasteiger partial charge in [0.1, 0.15) is 0 Å². The van der Waals surface area contributed by atoms with Crippen LogP contribution >= 0.6 is 15.9 Å². The summed E-state index contributed by atoms with van der Waals surface area (Å²) in [5, 5.41) is 14.3. The van der Waals surface area contributed by atoms with E-state index >= 15 is 0 Å². The SMILES string of the molecule is CC(C)CCNc1nncc(Nc2ccccc2Br)n1. The number of nitrogens with zero attached hydrogens (tertiary/aromatic N) is 3. The van der Waals surface area contributed by atoms with Gasteiger partial charge in [-0.3, -0.25) is 0 Å². The molecule has 1 aromatic heterocycles. The van der Waals surface area contributed by atoms with Gasteiger partial charge < -0.3 is 10.6 Å². The van der Waals surface area contributed by atoms with Crippen molar-refractivity contribution in [3.63, 3.8) is 0 Å². The molecule has 0 saturated carbocycles. The minimum Gasteiger partial charge on any atom is -0.353 e. The monoisotopic (exact) mass is 335 g/mol. The largest absolute Gasteiger partial charge is 0.353 e. The van der Waals surface area contributed by atoms with Crippen molar-refractivity contribution in [1.82, 2.24) is 15.2 Å². The molecule has 1 heterocycles. The fourth-order valence-electron chi connectivity index (χ4n) is 1.61. The summed E-state index contributed by atoms with van der Waals surface area (Å²) in [6.45, 7) is 5.22. The molecule has 2 rings (SSSR count). The predicted molar refractivity (Wildman–Crippen MR) is 85.2 cm³/mol. The topological polar surface area (TPSA) is 62.7 Å². The van der Waals surface area contributed by atoms with Crippen LogP contribution in [0.25, 0.3) is 0 Å². The lowest BCUT2D eigenvalue weighted by Crippen LogP contribution is -2.09. The van der Waals surface area contributed by atoms with E-state index in [1.54, 1.807) is 6.20 Å². The zero-order valence-electron chi connectivity index (χ0n) is 11.6. The Morgan fingerprint density at radius 3 is 2.80 bits per heavy atom. The Bertz CT molecular complexity index is 559. The highest BCUT2D eigenvalue weighted by Gasteiger charge is 2.03. The summed E-state index contributed by atoms with van der Waals surface area (Å²) in [5.41, 5.74) is 0.945. The maximum absolute atomic E-state index is 4.39. The van der Waals surface area contributed by atoms with Crippen LogP contribution < -0.4 is 10.6 Å². The molecule has 1 aromatic carbocycles. The number of nitrogens with one attached hydrogen (secondary N) is 2. The van der Waals surface area contributed by atoms with Crippen LogP contribution in [-0.2, 0) is 0 Å². The third-order valence-electron chi connectivity index (χ3n) is 2.70. The van der Waals surface area contributed by atoms with Gasteiger partial charge in [-0.05, 0) is 40.4 Å². The number of hydrogen-bond donors (Lipinski definition) is 2. The fraction of sp³-hybridized carbons (Fsp3) is 0.357. The van der Waals surface area contributed by atoms with E-state index in [1.807, 2.05) is 24.3 Å². The average molecular weight is 336 g/mol. The van der Waals surface area contributed by atoms with Crippen LogP contribution in [0.2, 0.25) is 0 Å². The average Bonchev–Trinajstić information content (AvgIpc) is 2.41. The van der Waals surface area contributed by atoms with Crippen molar-refractivity contribution in [1.29, 1.82) is 0 Å². The highest BCUT2D eigenvalue weighted by molar-refractivity contribution is 9.10. The van der Waals surface area contributed by atoms with Crippen molar-refractivity contribution in [2.45, 2.75) is 20.3 Å². The van der Waals surface area contributed by atoms with E-state index < -0.39 is 0 Å². The minimum atomic E-state index is 0.544. The van der Waals surface area contributed by atoms with Gasteiger partial charge in [0.2, 0.25) is 5.95 Å². The Kier molecular flexibility index (Phi) is 5.29. The quantitative estimate of drug-likeness (QED) is 0.839. The van der Waals surface area contributed by atoms with Crippen molar-refractivity contribution >= 4 is 33.4 Å². The third kappa shape index (κ3) is 4.45. The Morgan fingerprint density at radius 1 is 1.25 bits per heavy atom. The lowest BCUT2D eigenvalue weighted by Gasteiger charge is -2.09. The van der Waals surface area contributed by atoms with Gasteiger partial charge in [-0.25, -0.2) is 0 Å². The number of benzene rings is 1. The molecule has 0 unspecified atom stereocenters. The van der Waals surface area contributed by atoms with E-state index in [1.165, 1.54) is 0 Å². The van der Waals surface area contributed by atoms with Gasteiger partial charge >= 0.3 is 0 Å². The molecule has 0 radical (unpaired) electrons. The predicted octanol–water partition coefficient (Wildman–Crippen LogP) is 3.84. The summed E-state index contributed by atoms with van der Waals surface area (Å²) in [6.07, 6.45) is 2.68. The molecule has 6 heteroatoms. The zero-order chi connectivity index (χ0) is 14.4. The summed E-state index contributed by atoms with van der Waals surface area (Å²) < 4.78 is 0.980. The van der Waals surface area contributed by atoms with Gasteiger partial charge in [0.05, 0.1) is 11.9 Å². The van der Waals surface area contributed by atoms with Crippen molar-refractivity contribution < 1.29 is 0 Å². The Labute approximate surface area is 127 Å². The van der Waals surface area contributed by atoms with Crippen LogP contribution in [0.3, 0.4) is 0 Å². The van der Waals surface area contributed by atoms with Crippen molar-refractivity contribution in [2.75, 3.05) is 17.2 Å². The van der Waals surface area contributed by atoms with Gasteiger partial charge in [-0.15, -0.1) is 5.10 Å². The highest BCUT2D eigenvalue weighted by Crippen LogP contribution is 2.24. The van der Waals surface area contributed by atoms with E-state index in [2.05, 4.69) is 55.6 Å². The number of rotatable bonds is 6. The Hall–Kier alpha value is -1.69. The second kappa shape index (κ2) is 7.19. The van der Waals surface area contributed by atoms with Crippen molar-refractivity contribution in [2.24, 2.45) is 5.92 Å². The summed E-state index contributed by atoms with van der Waals surface area (Å²) in [6, 6.07) is 7.87. The van der Waals surface area contributed by atoms with Crippen molar-refractivity contribution in [3.8, 4) is 0 Å². The van der Waals surface area contributed by atoms with E-state index in [4.69, 9.17) is 0 Å². The standard InChI is InChI=1S/C14H18BrN5/c1-10(2)7-8-16-14-19-13(9-17-20-14)18-12-6-4-3-5-11(12)15/h3-6,9-10H,7-8H2,1-2H3,(H2,16,18,19,20). The Balaban J connectivity index is 2.01. The first kappa shape index (κ1) is 14.7. The first-order valence-electron chi connectivity index (χ1n) is 6.60. The van der Waals surface area contributed by atoms with E-state index in [0.717, 1.165) is 23.1 Å². The van der Waals surface area contributed by atoms with Crippen LogP contribution in [0.1, 0.15) is 20.3 Å². The van der Waals surface area contributed by atoms with E-state index in [9.17, 15) is 0 Å². The zero-order valence-corrected chi connectivity index (χ0v) is 13.2. The molecule has 0 fully saturated rings. The molecule has 0 aliphatic carbocycles. The van der Waals surface area contributed by atoms with Gasteiger partial charge in [-0.1, -0.05) is 26.0 Å². The maximum atomic E-state index is 4.39. The summed E-state index contributed by atoms with van der Waals surface area (Å²) in [5.74, 6) is 1.86. The van der Waals surface area contributed by atoms with Gasteiger partial charge in [0, 0.05) is 11.0 Å². The first-order valence-corrected chi connectivity index (χ1v) is 7.39. The van der Waals surface area contributed by atoms with Crippen LogP contribution in [-0.4, -0.2) is 21.7 Å². The molecular formula is C14H18BrN5. The van der Waals surface area contributed by atoms with Crippen LogP contribution in [0.15, 0.2) is 34.9 Å². The number of aromatic nitrogens is 3. The molecule has 5 nitrogen and oxygen atoms in total. The molecule has 20 heavy (non-hydrogen) atoms. The summed E-state index contributed by atoms with van der Waals surface area (Å²) >= 11 is 3.49. The summed E-state index contributed by atoms with van der Waals surface area (Å²) in [4.78, 5) is 4.39. The molecular weight excluding hydrogens is 318 g/mol. The number of halogens is 1. The molecule has 2 N–H and O–H groups in total. The van der Waals surface area contributed by atoms with E-state index in [-0.39, 0.29) is 0 Å². The molecule has 0 spiro atoms. The van der Waals surface area contributed by atoms with Crippen LogP contribution in [0.4, 0.5) is 17.5 Å². The maximum Gasteiger partial charge on any atom is 0.244 e. The molecule has 106 valence electrons.